The molecule has 31 heavy (non-hydrogen) atoms. The highest BCUT2D eigenvalue weighted by Gasteiger charge is 2.26. The smallest absolute Gasteiger partial charge is 0.227 e. The van der Waals surface area contributed by atoms with E-state index in [1.807, 2.05) is 36.2 Å². The van der Waals surface area contributed by atoms with Crippen LogP contribution < -0.4 is 14.8 Å². The zero-order valence-corrected chi connectivity index (χ0v) is 18.0. The predicted octanol–water partition coefficient (Wildman–Crippen LogP) is 2.95. The Morgan fingerprint density at radius 1 is 1.19 bits per heavy atom. The Balaban J connectivity index is 1.18. The van der Waals surface area contributed by atoms with Gasteiger partial charge in [-0.15, -0.1) is 0 Å². The van der Waals surface area contributed by atoms with Gasteiger partial charge in [-0.1, -0.05) is 6.92 Å². The predicted molar refractivity (Wildman–Crippen MR) is 116 cm³/mol. The third-order valence-electron chi connectivity index (χ3n) is 5.97. The van der Waals surface area contributed by atoms with Crippen LogP contribution in [0.5, 0.6) is 11.5 Å². The van der Waals surface area contributed by atoms with E-state index < -0.39 is 0 Å². The highest BCUT2D eigenvalue weighted by atomic mass is 16.6. The number of nitrogens with zero attached hydrogens (tertiary/aromatic N) is 3. The highest BCUT2D eigenvalue weighted by Crippen LogP contribution is 2.32. The van der Waals surface area contributed by atoms with Gasteiger partial charge in [-0.2, -0.15) is 5.10 Å². The Labute approximate surface area is 182 Å². The fraction of sp³-hybridized carbons (Fsp3) is 0.522. The number of hydrogen-bond acceptors (Lipinski definition) is 5. The fourth-order valence-electron chi connectivity index (χ4n) is 4.20. The number of anilines is 1. The van der Waals surface area contributed by atoms with E-state index in [0.29, 0.717) is 43.6 Å². The molecule has 3 heterocycles. The number of nitrogens with one attached hydrogen (secondary N) is 1. The van der Waals surface area contributed by atoms with Crippen LogP contribution in [0, 0.1) is 11.8 Å². The lowest BCUT2D eigenvalue weighted by molar-refractivity contribution is -0.137. The van der Waals surface area contributed by atoms with E-state index in [9.17, 15) is 9.59 Å². The molecule has 0 bridgehead atoms. The summed E-state index contributed by atoms with van der Waals surface area (Å²) in [6.45, 7) is 5.15. The number of piperidine rings is 1. The third kappa shape index (κ3) is 5.57. The van der Waals surface area contributed by atoms with E-state index in [4.69, 9.17) is 9.47 Å². The minimum Gasteiger partial charge on any atom is -0.486 e. The maximum Gasteiger partial charge on any atom is 0.227 e. The number of carbonyl (C=O) groups excluding carboxylic acids is 2. The van der Waals surface area contributed by atoms with Gasteiger partial charge >= 0.3 is 0 Å². The lowest BCUT2D eigenvalue weighted by Crippen LogP contribution is -2.42. The largest absolute Gasteiger partial charge is 0.486 e. The molecule has 8 nitrogen and oxygen atoms in total. The molecule has 1 aromatic carbocycles. The van der Waals surface area contributed by atoms with Crippen LogP contribution in [0.4, 0.5) is 5.69 Å². The first-order chi connectivity index (χ1) is 15.1. The number of amides is 2. The van der Waals surface area contributed by atoms with Gasteiger partial charge in [-0.3, -0.25) is 14.3 Å². The zero-order valence-electron chi connectivity index (χ0n) is 18.0. The SMILES string of the molecule is C[C@H](Cn1cccn1)C(=O)N1CCC(CCC(=O)Nc2ccc3c(c2)OCCO3)CC1. The maximum absolute atomic E-state index is 12.7. The Morgan fingerprint density at radius 3 is 2.71 bits per heavy atom. The van der Waals surface area contributed by atoms with E-state index in [2.05, 4.69) is 10.4 Å². The van der Waals surface area contributed by atoms with Gasteiger partial charge in [0.15, 0.2) is 11.5 Å². The quantitative estimate of drug-likeness (QED) is 0.736. The first-order valence-corrected chi connectivity index (χ1v) is 11.0. The van der Waals surface area contributed by atoms with Gasteiger partial charge in [-0.05, 0) is 43.4 Å². The second kappa shape index (κ2) is 9.85. The highest BCUT2D eigenvalue weighted by molar-refractivity contribution is 5.91. The molecule has 1 N–H and O–H groups in total. The van der Waals surface area contributed by atoms with E-state index in [-0.39, 0.29) is 17.7 Å². The molecule has 2 aliphatic rings. The van der Waals surface area contributed by atoms with Gasteiger partial charge in [0.25, 0.3) is 0 Å². The van der Waals surface area contributed by atoms with E-state index in [0.717, 1.165) is 38.0 Å². The average Bonchev–Trinajstić information content (AvgIpc) is 3.30. The van der Waals surface area contributed by atoms with Crippen molar-refractivity contribution >= 4 is 17.5 Å². The van der Waals surface area contributed by atoms with Gasteiger partial charge in [0.05, 0.1) is 12.5 Å². The molecule has 0 unspecified atom stereocenters. The third-order valence-corrected chi connectivity index (χ3v) is 5.97. The Kier molecular flexibility index (Phi) is 6.74. The average molecular weight is 427 g/mol. The Bertz CT molecular complexity index is 891. The summed E-state index contributed by atoms with van der Waals surface area (Å²) in [5.74, 6) is 1.95. The number of benzene rings is 1. The summed E-state index contributed by atoms with van der Waals surface area (Å²) in [6, 6.07) is 7.33. The lowest BCUT2D eigenvalue weighted by atomic mass is 9.91. The number of hydrogen-bond donors (Lipinski definition) is 1. The van der Waals surface area contributed by atoms with Crippen LogP contribution in [0.2, 0.25) is 0 Å². The number of rotatable bonds is 7. The van der Waals surface area contributed by atoms with Crippen LogP contribution in [0.3, 0.4) is 0 Å². The number of aromatic nitrogens is 2. The number of fused-ring (bicyclic) bond motifs is 1. The standard InChI is InChI=1S/C23H30N4O4/c1-17(16-27-10-2-9-24-27)23(29)26-11-7-18(8-12-26)3-6-22(28)25-19-4-5-20-21(15-19)31-14-13-30-20/h2,4-5,9-10,15,17-18H,3,6-8,11-14,16H2,1H3,(H,25,28)/t17-/m1/s1. The van der Waals surface area contributed by atoms with E-state index >= 15 is 0 Å². The van der Waals surface area contributed by atoms with Crippen molar-refractivity contribution in [2.45, 2.75) is 39.2 Å². The molecule has 1 atom stereocenters. The van der Waals surface area contributed by atoms with Crippen LogP contribution in [0.1, 0.15) is 32.6 Å². The lowest BCUT2D eigenvalue weighted by Gasteiger charge is -2.33. The monoisotopic (exact) mass is 426 g/mol. The molecule has 2 aliphatic heterocycles. The summed E-state index contributed by atoms with van der Waals surface area (Å²) in [5.41, 5.74) is 0.723. The Morgan fingerprint density at radius 2 is 1.97 bits per heavy atom. The minimum atomic E-state index is -0.0896. The topological polar surface area (TPSA) is 85.7 Å². The molecule has 8 heteroatoms. The molecule has 1 saturated heterocycles. The van der Waals surface area contributed by atoms with Crippen molar-refractivity contribution in [2.24, 2.45) is 11.8 Å². The van der Waals surface area contributed by atoms with Gasteiger partial charge in [0, 0.05) is 43.7 Å². The van der Waals surface area contributed by atoms with Crippen LogP contribution in [-0.2, 0) is 16.1 Å². The normalized spacial score (nSPS) is 17.3. The molecule has 1 aromatic heterocycles. The first-order valence-electron chi connectivity index (χ1n) is 11.0. The summed E-state index contributed by atoms with van der Waals surface area (Å²) in [7, 11) is 0. The van der Waals surface area contributed by atoms with Crippen molar-refractivity contribution < 1.29 is 19.1 Å². The molecule has 0 saturated carbocycles. The molecule has 2 aromatic rings. The van der Waals surface area contributed by atoms with E-state index in [1.165, 1.54) is 0 Å². The minimum absolute atomic E-state index is 0.00280. The molecule has 0 radical (unpaired) electrons. The van der Waals surface area contributed by atoms with Crippen molar-refractivity contribution in [3.05, 3.63) is 36.7 Å². The summed E-state index contributed by atoms with van der Waals surface area (Å²) >= 11 is 0. The van der Waals surface area contributed by atoms with Crippen molar-refractivity contribution in [1.29, 1.82) is 0 Å². The van der Waals surface area contributed by atoms with Gasteiger partial charge in [-0.25, -0.2) is 0 Å². The van der Waals surface area contributed by atoms with Gasteiger partial charge < -0.3 is 19.7 Å². The van der Waals surface area contributed by atoms with E-state index in [1.54, 1.807) is 16.9 Å². The molecular weight excluding hydrogens is 396 g/mol. The van der Waals surface area contributed by atoms with Crippen molar-refractivity contribution in [1.82, 2.24) is 14.7 Å². The summed E-state index contributed by atoms with van der Waals surface area (Å²) < 4.78 is 12.9. The molecule has 0 spiro atoms. The molecule has 4 rings (SSSR count). The molecule has 166 valence electrons. The number of likely N-dealkylation sites (tertiary alicyclic amines) is 1. The summed E-state index contributed by atoms with van der Waals surface area (Å²) in [4.78, 5) is 27.0. The second-order valence-corrected chi connectivity index (χ2v) is 8.34. The van der Waals surface area contributed by atoms with Crippen LogP contribution in [0.15, 0.2) is 36.7 Å². The zero-order chi connectivity index (χ0) is 21.6. The van der Waals surface area contributed by atoms with Gasteiger partial charge in [0.1, 0.15) is 13.2 Å². The van der Waals surface area contributed by atoms with Crippen molar-refractivity contribution in [2.75, 3.05) is 31.6 Å². The molecule has 0 aliphatic carbocycles. The number of carbonyl (C=O) groups is 2. The Hall–Kier alpha value is -3.03. The molecular formula is C23H30N4O4. The van der Waals surface area contributed by atoms with Crippen LogP contribution >= 0.6 is 0 Å². The summed E-state index contributed by atoms with van der Waals surface area (Å²) in [5, 5.41) is 7.13. The molecule has 1 fully saturated rings. The van der Waals surface area contributed by atoms with Crippen molar-refractivity contribution in [3.63, 3.8) is 0 Å². The maximum atomic E-state index is 12.7. The second-order valence-electron chi connectivity index (χ2n) is 8.34. The first kappa shape index (κ1) is 21.2. The van der Waals surface area contributed by atoms with Gasteiger partial charge in [0.2, 0.25) is 11.8 Å². The summed E-state index contributed by atoms with van der Waals surface area (Å²) in [6.07, 6.45) is 6.80. The fourth-order valence-corrected chi connectivity index (χ4v) is 4.20. The molecule has 2 amide bonds. The number of ether oxygens (including phenoxy) is 2. The van der Waals surface area contributed by atoms with Crippen LogP contribution in [0.25, 0.3) is 0 Å². The van der Waals surface area contributed by atoms with Crippen LogP contribution in [-0.4, -0.2) is 52.8 Å². The van der Waals surface area contributed by atoms with Crippen molar-refractivity contribution in [3.8, 4) is 11.5 Å².